The number of carbonyl (C=O) groups excluding carboxylic acids is 1. The normalized spacial score (nSPS) is 21.2. The number of nitrogens with zero attached hydrogens (tertiary/aromatic N) is 4. The van der Waals surface area contributed by atoms with Gasteiger partial charge in [0.15, 0.2) is 11.6 Å². The molecule has 200 valence electrons. The Labute approximate surface area is 217 Å². The standard InChI is InChI=1S/C25H33FN6O4S/c1-5-37(34,35)30-19-7-6-12-31(14-19)20-10-8-18(9-11-20)17(4)28-24-27-13-21(26)23(29-24)32-22(16(2)3)15-36-25(32)33/h5,8-11,13,16-17,19,22,30H,1,6-7,12,14-15H2,2-4H3,(H,27,28,29)/t17-,19?,22+/m0/s1. The molecule has 3 atom stereocenters. The smallest absolute Gasteiger partial charge is 0.416 e. The number of halogens is 1. The molecule has 2 aromatic rings. The van der Waals surface area contributed by atoms with Crippen LogP contribution < -0.4 is 19.8 Å². The molecule has 10 nitrogen and oxygen atoms in total. The van der Waals surface area contributed by atoms with E-state index < -0.39 is 21.9 Å². The molecule has 2 aliphatic heterocycles. The van der Waals surface area contributed by atoms with Crippen LogP contribution in [0, 0.1) is 11.7 Å². The topological polar surface area (TPSA) is 117 Å². The van der Waals surface area contributed by atoms with Gasteiger partial charge in [0.1, 0.15) is 6.61 Å². The van der Waals surface area contributed by atoms with E-state index in [0.717, 1.165) is 42.2 Å². The van der Waals surface area contributed by atoms with Crippen molar-refractivity contribution in [2.45, 2.75) is 51.7 Å². The number of cyclic esters (lactones) is 1. The van der Waals surface area contributed by atoms with Crippen LogP contribution in [0.4, 0.5) is 26.6 Å². The van der Waals surface area contributed by atoms with E-state index in [1.807, 2.05) is 45.0 Å². The third-order valence-corrected chi connectivity index (χ3v) is 7.81. The molecule has 2 aliphatic rings. The minimum atomic E-state index is -3.48. The Balaban J connectivity index is 1.44. The SMILES string of the molecule is C=CS(=O)(=O)NC1CCCN(c2ccc([C@H](C)Nc3ncc(F)c(N4C(=O)OC[C@@H]4C(C)C)n3)cc2)C1. The zero-order valence-electron chi connectivity index (χ0n) is 21.2. The second-order valence-electron chi connectivity index (χ2n) is 9.70. The van der Waals surface area contributed by atoms with E-state index in [0.29, 0.717) is 6.54 Å². The molecule has 1 aromatic heterocycles. The summed E-state index contributed by atoms with van der Waals surface area (Å²) in [6, 6.07) is 7.24. The monoisotopic (exact) mass is 532 g/mol. The predicted molar refractivity (Wildman–Crippen MR) is 140 cm³/mol. The van der Waals surface area contributed by atoms with E-state index in [4.69, 9.17) is 4.74 Å². The summed E-state index contributed by atoms with van der Waals surface area (Å²) in [4.78, 5) is 24.0. The van der Waals surface area contributed by atoms with Gasteiger partial charge in [-0.2, -0.15) is 4.98 Å². The van der Waals surface area contributed by atoms with Gasteiger partial charge in [-0.1, -0.05) is 32.6 Å². The first-order chi connectivity index (χ1) is 17.6. The molecule has 0 aliphatic carbocycles. The predicted octanol–water partition coefficient (Wildman–Crippen LogP) is 3.80. The van der Waals surface area contributed by atoms with Crippen LogP contribution in [0.15, 0.2) is 42.4 Å². The minimum absolute atomic E-state index is 0.0621. The van der Waals surface area contributed by atoms with E-state index in [9.17, 15) is 17.6 Å². The van der Waals surface area contributed by atoms with Gasteiger partial charge in [0, 0.05) is 30.2 Å². The molecule has 1 unspecified atom stereocenters. The van der Waals surface area contributed by atoms with Crippen molar-refractivity contribution < 1.29 is 22.3 Å². The van der Waals surface area contributed by atoms with Crippen molar-refractivity contribution in [1.29, 1.82) is 0 Å². The fraction of sp³-hybridized carbons (Fsp3) is 0.480. The van der Waals surface area contributed by atoms with Crippen LogP contribution in [-0.4, -0.2) is 56.3 Å². The van der Waals surface area contributed by atoms with Gasteiger partial charge in [-0.3, -0.25) is 4.90 Å². The van der Waals surface area contributed by atoms with Gasteiger partial charge in [-0.05, 0) is 43.4 Å². The van der Waals surface area contributed by atoms with Gasteiger partial charge in [-0.25, -0.2) is 27.3 Å². The van der Waals surface area contributed by atoms with Crippen LogP contribution in [0.3, 0.4) is 0 Å². The fourth-order valence-corrected chi connectivity index (χ4v) is 5.36. The summed E-state index contributed by atoms with van der Waals surface area (Å²) in [5.74, 6) is -0.536. The average molecular weight is 533 g/mol. The minimum Gasteiger partial charge on any atom is -0.447 e. The molecule has 1 aromatic carbocycles. The van der Waals surface area contributed by atoms with E-state index >= 15 is 0 Å². The van der Waals surface area contributed by atoms with Crippen LogP contribution in [-0.2, 0) is 14.8 Å². The van der Waals surface area contributed by atoms with Crippen LogP contribution >= 0.6 is 0 Å². The quantitative estimate of drug-likeness (QED) is 0.501. The summed E-state index contributed by atoms with van der Waals surface area (Å²) in [5.41, 5.74) is 1.95. The van der Waals surface area contributed by atoms with Gasteiger partial charge in [0.05, 0.1) is 18.3 Å². The van der Waals surface area contributed by atoms with Crippen molar-refractivity contribution in [3.05, 3.63) is 53.8 Å². The van der Waals surface area contributed by atoms with E-state index in [-0.39, 0.29) is 42.4 Å². The number of hydrogen-bond donors (Lipinski definition) is 2. The maximum Gasteiger partial charge on any atom is 0.416 e. The van der Waals surface area contributed by atoms with Crippen LogP contribution in [0.1, 0.15) is 45.2 Å². The summed E-state index contributed by atoms with van der Waals surface area (Å²) in [7, 11) is -3.48. The molecule has 12 heteroatoms. The highest BCUT2D eigenvalue weighted by Gasteiger charge is 2.39. The number of sulfonamides is 1. The van der Waals surface area contributed by atoms with E-state index in [2.05, 4.69) is 31.5 Å². The molecule has 0 spiro atoms. The number of benzene rings is 1. The highest BCUT2D eigenvalue weighted by atomic mass is 32.2. The first-order valence-electron chi connectivity index (χ1n) is 12.3. The van der Waals surface area contributed by atoms with Crippen molar-refractivity contribution >= 4 is 33.6 Å². The number of piperidine rings is 1. The fourth-order valence-electron chi connectivity index (χ4n) is 4.61. The summed E-state index contributed by atoms with van der Waals surface area (Å²) in [6.45, 7) is 10.8. The Morgan fingerprint density at radius 1 is 1.24 bits per heavy atom. The van der Waals surface area contributed by atoms with Crippen LogP contribution in [0.25, 0.3) is 0 Å². The van der Waals surface area contributed by atoms with E-state index in [1.54, 1.807) is 0 Å². The lowest BCUT2D eigenvalue weighted by molar-refractivity contribution is 0.177. The Kier molecular flexibility index (Phi) is 7.98. The van der Waals surface area contributed by atoms with Gasteiger partial charge in [0.2, 0.25) is 16.0 Å². The number of hydrogen-bond acceptors (Lipinski definition) is 8. The summed E-state index contributed by atoms with van der Waals surface area (Å²) in [6.07, 6.45) is 2.08. The summed E-state index contributed by atoms with van der Waals surface area (Å²) < 4.78 is 46.1. The molecule has 0 bridgehead atoms. The van der Waals surface area contributed by atoms with Gasteiger partial charge < -0.3 is 15.0 Å². The van der Waals surface area contributed by atoms with Crippen LogP contribution in [0.2, 0.25) is 0 Å². The van der Waals surface area contributed by atoms with E-state index in [1.165, 1.54) is 4.90 Å². The molecule has 2 N–H and O–H groups in total. The Morgan fingerprint density at radius 3 is 2.65 bits per heavy atom. The van der Waals surface area contributed by atoms with Gasteiger partial charge in [0.25, 0.3) is 0 Å². The zero-order chi connectivity index (χ0) is 26.7. The lowest BCUT2D eigenvalue weighted by Crippen LogP contribution is -2.47. The Bertz CT molecular complexity index is 1240. The number of ether oxygens (including phenoxy) is 1. The summed E-state index contributed by atoms with van der Waals surface area (Å²) in [5, 5.41) is 4.11. The molecule has 1 amide bonds. The molecule has 2 saturated heterocycles. The molecule has 2 fully saturated rings. The lowest BCUT2D eigenvalue weighted by atomic mass is 10.0. The number of aromatic nitrogens is 2. The largest absolute Gasteiger partial charge is 0.447 e. The number of rotatable bonds is 9. The Morgan fingerprint density at radius 2 is 1.97 bits per heavy atom. The molecule has 4 rings (SSSR count). The highest BCUT2D eigenvalue weighted by Crippen LogP contribution is 2.29. The van der Waals surface area contributed by atoms with Gasteiger partial charge in [-0.15, -0.1) is 0 Å². The number of carbonyl (C=O) groups is 1. The number of nitrogens with one attached hydrogen (secondary N) is 2. The zero-order valence-corrected chi connectivity index (χ0v) is 22.0. The van der Waals surface area contributed by atoms with Crippen molar-refractivity contribution in [1.82, 2.24) is 14.7 Å². The highest BCUT2D eigenvalue weighted by molar-refractivity contribution is 7.92. The second kappa shape index (κ2) is 11.0. The molecule has 0 radical (unpaired) electrons. The molecule has 37 heavy (non-hydrogen) atoms. The third-order valence-electron chi connectivity index (χ3n) is 6.70. The average Bonchev–Trinajstić information content (AvgIpc) is 3.26. The molecular formula is C25H33FN6O4S. The second-order valence-corrected chi connectivity index (χ2v) is 11.4. The molecule has 3 heterocycles. The maximum absolute atomic E-state index is 14.6. The molecular weight excluding hydrogens is 499 g/mol. The van der Waals surface area contributed by atoms with Crippen molar-refractivity contribution in [2.75, 3.05) is 34.8 Å². The van der Waals surface area contributed by atoms with Gasteiger partial charge >= 0.3 is 6.09 Å². The number of anilines is 3. The van der Waals surface area contributed by atoms with Crippen molar-refractivity contribution in [3.63, 3.8) is 0 Å². The number of amides is 1. The van der Waals surface area contributed by atoms with Crippen LogP contribution in [0.5, 0.6) is 0 Å². The third kappa shape index (κ3) is 6.19. The molecule has 0 saturated carbocycles. The Hall–Kier alpha value is -3.25. The van der Waals surface area contributed by atoms with Crippen molar-refractivity contribution in [3.8, 4) is 0 Å². The first-order valence-corrected chi connectivity index (χ1v) is 13.9. The van der Waals surface area contributed by atoms with Crippen molar-refractivity contribution in [2.24, 2.45) is 5.92 Å². The lowest BCUT2D eigenvalue weighted by Gasteiger charge is -2.34. The summed E-state index contributed by atoms with van der Waals surface area (Å²) >= 11 is 0. The first kappa shape index (κ1) is 26.8. The maximum atomic E-state index is 14.6.